The van der Waals surface area contributed by atoms with Crippen LogP contribution in [0.15, 0.2) is 18.3 Å². The van der Waals surface area contributed by atoms with Crippen LogP contribution in [-0.4, -0.2) is 24.0 Å². The number of aromatic nitrogens is 1. The van der Waals surface area contributed by atoms with Crippen molar-refractivity contribution in [2.75, 3.05) is 23.7 Å². The number of amides is 1. The first-order valence-electron chi connectivity index (χ1n) is 5.42. The van der Waals surface area contributed by atoms with Crippen LogP contribution >= 0.6 is 0 Å². The summed E-state index contributed by atoms with van der Waals surface area (Å²) >= 11 is 0. The molecule has 0 aromatic carbocycles. The van der Waals surface area contributed by atoms with Crippen LogP contribution in [0.2, 0.25) is 0 Å². The van der Waals surface area contributed by atoms with E-state index in [0.29, 0.717) is 12.2 Å². The Kier molecular flexibility index (Phi) is 2.94. The Morgan fingerprint density at radius 1 is 1.50 bits per heavy atom. The zero-order valence-electron chi connectivity index (χ0n) is 9.10. The Labute approximate surface area is 94.4 Å². The Morgan fingerprint density at radius 3 is 2.94 bits per heavy atom. The quantitative estimate of drug-likeness (QED) is 0.753. The van der Waals surface area contributed by atoms with E-state index in [4.69, 9.17) is 11.5 Å². The molecule has 16 heavy (non-hydrogen) atoms. The van der Waals surface area contributed by atoms with Gasteiger partial charge < -0.3 is 16.4 Å². The van der Waals surface area contributed by atoms with E-state index in [0.717, 1.165) is 25.2 Å². The minimum Gasteiger partial charge on any atom is -0.397 e. The van der Waals surface area contributed by atoms with Crippen LogP contribution in [0.5, 0.6) is 0 Å². The number of piperidine rings is 1. The Bertz CT molecular complexity index is 376. The zero-order valence-corrected chi connectivity index (χ0v) is 9.10. The molecule has 0 radical (unpaired) electrons. The van der Waals surface area contributed by atoms with Gasteiger partial charge in [0.1, 0.15) is 5.82 Å². The number of primary amides is 1. The number of rotatable bonds is 2. The summed E-state index contributed by atoms with van der Waals surface area (Å²) in [6.45, 7) is 1.58. The van der Waals surface area contributed by atoms with Crippen LogP contribution in [-0.2, 0) is 4.79 Å². The fourth-order valence-corrected chi connectivity index (χ4v) is 2.00. The summed E-state index contributed by atoms with van der Waals surface area (Å²) in [5, 5.41) is 0. The molecule has 1 saturated heterocycles. The highest BCUT2D eigenvalue weighted by atomic mass is 16.1. The zero-order chi connectivity index (χ0) is 11.5. The highest BCUT2D eigenvalue weighted by molar-refractivity contribution is 5.77. The average Bonchev–Trinajstić information content (AvgIpc) is 2.30. The summed E-state index contributed by atoms with van der Waals surface area (Å²) in [5.41, 5.74) is 11.5. The number of carbonyl (C=O) groups is 1. The van der Waals surface area contributed by atoms with Gasteiger partial charge in [0.05, 0.1) is 17.8 Å². The second-order valence-electron chi connectivity index (χ2n) is 4.14. The summed E-state index contributed by atoms with van der Waals surface area (Å²) in [4.78, 5) is 17.5. The molecule has 0 unspecified atom stereocenters. The predicted octanol–water partition coefficient (Wildman–Crippen LogP) is 0.365. The summed E-state index contributed by atoms with van der Waals surface area (Å²) in [7, 11) is 0. The molecule has 5 heteroatoms. The standard InChI is InChI=1S/C11H16N4O/c12-9-3-4-10(14-6-9)15-5-1-2-8(7-15)11(13)16/h3-4,6,8H,1-2,5,7,12H2,(H2,13,16)/t8-/m1/s1. The van der Waals surface area contributed by atoms with Gasteiger partial charge in [0.15, 0.2) is 0 Å². The van der Waals surface area contributed by atoms with Crippen molar-refractivity contribution in [1.29, 1.82) is 0 Å². The van der Waals surface area contributed by atoms with Crippen LogP contribution in [0.4, 0.5) is 11.5 Å². The molecule has 0 spiro atoms. The van der Waals surface area contributed by atoms with Crippen LogP contribution < -0.4 is 16.4 Å². The highest BCUT2D eigenvalue weighted by Crippen LogP contribution is 2.21. The normalized spacial score (nSPS) is 20.8. The molecule has 2 heterocycles. The number of nitrogens with two attached hydrogens (primary N) is 2. The maximum absolute atomic E-state index is 11.1. The minimum atomic E-state index is -0.222. The Hall–Kier alpha value is -1.78. The third-order valence-corrected chi connectivity index (χ3v) is 2.92. The van der Waals surface area contributed by atoms with E-state index < -0.39 is 0 Å². The summed E-state index contributed by atoms with van der Waals surface area (Å²) in [6.07, 6.45) is 3.48. The lowest BCUT2D eigenvalue weighted by atomic mass is 9.97. The molecule has 1 aliphatic rings. The van der Waals surface area contributed by atoms with E-state index in [1.165, 1.54) is 0 Å². The summed E-state index contributed by atoms with van der Waals surface area (Å²) < 4.78 is 0. The first kappa shape index (κ1) is 10.7. The van der Waals surface area contributed by atoms with Gasteiger partial charge in [0.25, 0.3) is 0 Å². The van der Waals surface area contributed by atoms with E-state index in [1.54, 1.807) is 6.20 Å². The van der Waals surface area contributed by atoms with E-state index in [1.807, 2.05) is 12.1 Å². The van der Waals surface area contributed by atoms with Gasteiger partial charge in [-0.2, -0.15) is 0 Å². The predicted molar refractivity (Wildman–Crippen MR) is 62.8 cm³/mol. The van der Waals surface area contributed by atoms with Gasteiger partial charge in [-0.05, 0) is 25.0 Å². The van der Waals surface area contributed by atoms with Gasteiger partial charge in [-0.25, -0.2) is 4.98 Å². The van der Waals surface area contributed by atoms with Crippen LogP contribution in [0, 0.1) is 5.92 Å². The first-order chi connectivity index (χ1) is 7.66. The molecule has 4 N–H and O–H groups in total. The highest BCUT2D eigenvalue weighted by Gasteiger charge is 2.24. The first-order valence-corrected chi connectivity index (χ1v) is 5.42. The Morgan fingerprint density at radius 2 is 2.31 bits per heavy atom. The lowest BCUT2D eigenvalue weighted by molar-refractivity contribution is -0.122. The maximum Gasteiger partial charge on any atom is 0.222 e. The van der Waals surface area contributed by atoms with Gasteiger partial charge >= 0.3 is 0 Å². The Balaban J connectivity index is 2.09. The fourth-order valence-electron chi connectivity index (χ4n) is 2.00. The van der Waals surface area contributed by atoms with E-state index in [2.05, 4.69) is 9.88 Å². The SMILES string of the molecule is NC(=O)[C@@H]1CCCN(c2ccc(N)cn2)C1. The molecule has 1 fully saturated rings. The summed E-state index contributed by atoms with van der Waals surface area (Å²) in [5.74, 6) is 0.577. The molecule has 1 amide bonds. The van der Waals surface area contributed by atoms with Gasteiger partial charge in [-0.3, -0.25) is 4.79 Å². The second kappa shape index (κ2) is 4.38. The largest absolute Gasteiger partial charge is 0.397 e. The molecule has 1 atom stereocenters. The monoisotopic (exact) mass is 220 g/mol. The molecule has 1 aromatic rings. The molecule has 0 aliphatic carbocycles. The number of hydrogen-bond donors (Lipinski definition) is 2. The topological polar surface area (TPSA) is 85.2 Å². The van der Waals surface area contributed by atoms with Crippen molar-refractivity contribution < 1.29 is 4.79 Å². The molecule has 2 rings (SSSR count). The van der Waals surface area contributed by atoms with Crippen LogP contribution in [0.1, 0.15) is 12.8 Å². The van der Waals surface area contributed by atoms with E-state index in [-0.39, 0.29) is 11.8 Å². The smallest absolute Gasteiger partial charge is 0.222 e. The maximum atomic E-state index is 11.1. The summed E-state index contributed by atoms with van der Waals surface area (Å²) in [6, 6.07) is 3.69. The number of pyridine rings is 1. The molecular formula is C11H16N4O. The van der Waals surface area contributed by atoms with Crippen molar-refractivity contribution >= 4 is 17.4 Å². The fraction of sp³-hybridized carbons (Fsp3) is 0.455. The van der Waals surface area contributed by atoms with Crippen molar-refractivity contribution in [3.8, 4) is 0 Å². The number of nitrogens with zero attached hydrogens (tertiary/aromatic N) is 2. The van der Waals surface area contributed by atoms with Gasteiger partial charge in [-0.15, -0.1) is 0 Å². The third kappa shape index (κ3) is 2.24. The van der Waals surface area contributed by atoms with Crippen molar-refractivity contribution in [1.82, 2.24) is 4.98 Å². The minimum absolute atomic E-state index is 0.0619. The van der Waals surface area contributed by atoms with Gasteiger partial charge in [0, 0.05) is 13.1 Å². The lowest BCUT2D eigenvalue weighted by Crippen LogP contribution is -2.41. The number of nitrogen functional groups attached to an aromatic ring is 1. The molecule has 86 valence electrons. The van der Waals surface area contributed by atoms with E-state index >= 15 is 0 Å². The molecule has 5 nitrogen and oxygen atoms in total. The molecule has 1 aliphatic heterocycles. The average molecular weight is 220 g/mol. The van der Waals surface area contributed by atoms with Crippen molar-refractivity contribution in [3.05, 3.63) is 18.3 Å². The van der Waals surface area contributed by atoms with Crippen LogP contribution in [0.25, 0.3) is 0 Å². The van der Waals surface area contributed by atoms with Gasteiger partial charge in [0.2, 0.25) is 5.91 Å². The molecule has 1 aromatic heterocycles. The van der Waals surface area contributed by atoms with Crippen molar-refractivity contribution in [2.45, 2.75) is 12.8 Å². The third-order valence-electron chi connectivity index (χ3n) is 2.92. The van der Waals surface area contributed by atoms with Crippen molar-refractivity contribution in [2.24, 2.45) is 11.7 Å². The molecule has 0 bridgehead atoms. The second-order valence-corrected chi connectivity index (χ2v) is 4.14. The number of anilines is 2. The number of hydrogen-bond acceptors (Lipinski definition) is 4. The van der Waals surface area contributed by atoms with Crippen molar-refractivity contribution in [3.63, 3.8) is 0 Å². The lowest BCUT2D eigenvalue weighted by Gasteiger charge is -2.32. The van der Waals surface area contributed by atoms with Crippen LogP contribution in [0.3, 0.4) is 0 Å². The molecular weight excluding hydrogens is 204 g/mol. The van der Waals surface area contributed by atoms with E-state index in [9.17, 15) is 4.79 Å². The number of carbonyl (C=O) groups excluding carboxylic acids is 1. The molecule has 0 saturated carbocycles. The van der Waals surface area contributed by atoms with Gasteiger partial charge in [-0.1, -0.05) is 0 Å².